The number of benzene rings is 1. The minimum absolute atomic E-state index is 0.146. The monoisotopic (exact) mass is 433 g/mol. The van der Waals surface area contributed by atoms with E-state index < -0.39 is 0 Å². The summed E-state index contributed by atoms with van der Waals surface area (Å²) in [7, 11) is 0. The van der Waals surface area contributed by atoms with Crippen molar-refractivity contribution in [1.29, 1.82) is 0 Å². The minimum Gasteiger partial charge on any atom is -0.345 e. The quantitative estimate of drug-likeness (QED) is 0.672. The molecule has 1 aromatic heterocycles. The van der Waals surface area contributed by atoms with Crippen molar-refractivity contribution in [3.8, 4) is 0 Å². The molecule has 1 aromatic carbocycles. The lowest BCUT2D eigenvalue weighted by atomic mass is 9.95. The lowest BCUT2D eigenvalue weighted by Gasteiger charge is -2.23. The van der Waals surface area contributed by atoms with Gasteiger partial charge in [-0.15, -0.1) is 11.3 Å². The maximum atomic E-state index is 13.0. The first-order chi connectivity index (χ1) is 9.88. The van der Waals surface area contributed by atoms with Gasteiger partial charge in [-0.2, -0.15) is 0 Å². The molecule has 0 fully saturated rings. The fourth-order valence-electron chi connectivity index (χ4n) is 2.02. The van der Waals surface area contributed by atoms with Crippen molar-refractivity contribution in [3.63, 3.8) is 0 Å². The van der Waals surface area contributed by atoms with E-state index in [-0.39, 0.29) is 23.7 Å². The molecule has 0 radical (unpaired) electrons. The maximum absolute atomic E-state index is 13.0. The summed E-state index contributed by atoms with van der Waals surface area (Å²) >= 11 is 8.21. The predicted molar refractivity (Wildman–Crippen MR) is 91.2 cm³/mol. The van der Waals surface area contributed by atoms with Crippen molar-refractivity contribution in [2.75, 3.05) is 0 Å². The van der Waals surface area contributed by atoms with Gasteiger partial charge in [0.2, 0.25) is 0 Å². The Morgan fingerprint density at radius 3 is 2.33 bits per heavy atom. The van der Waals surface area contributed by atoms with Crippen LogP contribution in [0.1, 0.15) is 35.8 Å². The molecule has 2 rings (SSSR count). The van der Waals surface area contributed by atoms with Gasteiger partial charge >= 0.3 is 0 Å². The van der Waals surface area contributed by atoms with Gasteiger partial charge in [0.05, 0.1) is 19.2 Å². The lowest BCUT2D eigenvalue weighted by molar-refractivity contribution is 0.0925. The van der Waals surface area contributed by atoms with Crippen LogP contribution in [0.15, 0.2) is 37.9 Å². The number of hydrogen-bond acceptors (Lipinski definition) is 2. The maximum Gasteiger partial charge on any atom is 0.253 e. The molecule has 0 saturated heterocycles. The van der Waals surface area contributed by atoms with E-state index in [2.05, 4.69) is 37.2 Å². The Balaban J connectivity index is 2.22. The highest BCUT2D eigenvalue weighted by molar-refractivity contribution is 9.12. The summed E-state index contributed by atoms with van der Waals surface area (Å²) < 4.78 is 14.7. The van der Waals surface area contributed by atoms with Crippen LogP contribution in [-0.2, 0) is 0 Å². The number of amides is 1. The Kier molecular flexibility index (Phi) is 5.57. The van der Waals surface area contributed by atoms with E-state index in [9.17, 15) is 9.18 Å². The largest absolute Gasteiger partial charge is 0.345 e. The lowest BCUT2D eigenvalue weighted by Crippen LogP contribution is -2.31. The Hall–Kier alpha value is -0.720. The zero-order chi connectivity index (χ0) is 15.6. The van der Waals surface area contributed by atoms with Crippen LogP contribution in [0.3, 0.4) is 0 Å². The van der Waals surface area contributed by atoms with Gasteiger partial charge in [-0.05, 0) is 61.5 Å². The molecule has 1 N–H and O–H groups in total. The topological polar surface area (TPSA) is 29.1 Å². The minimum atomic E-state index is -0.280. The van der Waals surface area contributed by atoms with Gasteiger partial charge in [0.15, 0.2) is 0 Å². The first-order valence-electron chi connectivity index (χ1n) is 6.39. The third-order valence-electron chi connectivity index (χ3n) is 3.08. The van der Waals surface area contributed by atoms with Crippen LogP contribution in [0, 0.1) is 11.7 Å². The molecule has 0 aliphatic rings. The van der Waals surface area contributed by atoms with Crippen LogP contribution in [0.4, 0.5) is 4.39 Å². The van der Waals surface area contributed by atoms with E-state index >= 15 is 0 Å². The molecule has 2 aromatic rings. The third kappa shape index (κ3) is 4.14. The van der Waals surface area contributed by atoms with Gasteiger partial charge in [-0.1, -0.05) is 26.0 Å². The standard InChI is InChI=1S/C15H14Br2FNOS/c1-8(2)13(9-3-5-10(18)6-4-9)19-15(20)11-7-12(16)21-14(11)17/h3-8,13H,1-2H3,(H,19,20). The van der Waals surface area contributed by atoms with Gasteiger partial charge in [0.1, 0.15) is 5.82 Å². The molecule has 0 aliphatic heterocycles. The SMILES string of the molecule is CC(C)C(NC(=O)c1cc(Br)sc1Br)c1ccc(F)cc1. The van der Waals surface area contributed by atoms with Crippen molar-refractivity contribution in [2.45, 2.75) is 19.9 Å². The van der Waals surface area contributed by atoms with E-state index in [1.807, 2.05) is 13.8 Å². The molecule has 1 unspecified atom stereocenters. The third-order valence-corrected chi connectivity index (χ3v) is 5.42. The number of thiophene rings is 1. The van der Waals surface area contributed by atoms with E-state index in [1.54, 1.807) is 18.2 Å². The first-order valence-corrected chi connectivity index (χ1v) is 8.80. The Labute approximate surface area is 144 Å². The molecule has 0 bridgehead atoms. The molecule has 21 heavy (non-hydrogen) atoms. The van der Waals surface area contributed by atoms with Crippen molar-refractivity contribution >= 4 is 49.1 Å². The Morgan fingerprint density at radius 1 is 1.24 bits per heavy atom. The van der Waals surface area contributed by atoms with Crippen molar-refractivity contribution in [3.05, 3.63) is 54.8 Å². The van der Waals surface area contributed by atoms with Gasteiger partial charge in [0, 0.05) is 0 Å². The van der Waals surface area contributed by atoms with Crippen LogP contribution in [0.25, 0.3) is 0 Å². The van der Waals surface area contributed by atoms with Crippen LogP contribution < -0.4 is 5.32 Å². The van der Waals surface area contributed by atoms with E-state index in [1.165, 1.54) is 23.5 Å². The second-order valence-electron chi connectivity index (χ2n) is 4.98. The summed E-state index contributed by atoms with van der Waals surface area (Å²) in [5, 5.41) is 3.02. The highest BCUT2D eigenvalue weighted by Crippen LogP contribution is 2.32. The molecular formula is C15H14Br2FNOS. The van der Waals surface area contributed by atoms with Crippen molar-refractivity contribution in [1.82, 2.24) is 5.32 Å². The number of nitrogens with one attached hydrogen (secondary N) is 1. The number of halogens is 3. The molecule has 1 heterocycles. The second kappa shape index (κ2) is 7.03. The van der Waals surface area contributed by atoms with Gasteiger partial charge in [0.25, 0.3) is 5.91 Å². The number of rotatable bonds is 4. The summed E-state index contributed by atoms with van der Waals surface area (Å²) in [6.07, 6.45) is 0. The summed E-state index contributed by atoms with van der Waals surface area (Å²) in [4.78, 5) is 12.4. The molecule has 2 nitrogen and oxygen atoms in total. The molecule has 112 valence electrons. The van der Waals surface area contributed by atoms with Gasteiger partial charge in [-0.25, -0.2) is 4.39 Å². The first kappa shape index (κ1) is 16.6. The van der Waals surface area contributed by atoms with E-state index in [0.29, 0.717) is 5.56 Å². The molecule has 0 spiro atoms. The molecular weight excluding hydrogens is 421 g/mol. The summed E-state index contributed by atoms with van der Waals surface area (Å²) in [6, 6.07) is 7.86. The molecule has 6 heteroatoms. The van der Waals surface area contributed by atoms with Crippen molar-refractivity contribution in [2.24, 2.45) is 5.92 Å². The summed E-state index contributed by atoms with van der Waals surface area (Å²) in [6.45, 7) is 4.04. The Morgan fingerprint density at radius 2 is 1.86 bits per heavy atom. The number of hydrogen-bond donors (Lipinski definition) is 1. The molecule has 1 amide bonds. The molecule has 0 aliphatic carbocycles. The van der Waals surface area contributed by atoms with Crippen LogP contribution in [0.2, 0.25) is 0 Å². The number of carbonyl (C=O) groups is 1. The molecule has 0 saturated carbocycles. The van der Waals surface area contributed by atoms with Crippen LogP contribution >= 0.6 is 43.2 Å². The summed E-state index contributed by atoms with van der Waals surface area (Å²) in [5.74, 6) is -0.232. The van der Waals surface area contributed by atoms with Gasteiger partial charge < -0.3 is 5.32 Å². The van der Waals surface area contributed by atoms with Gasteiger partial charge in [-0.3, -0.25) is 4.79 Å². The van der Waals surface area contributed by atoms with E-state index in [0.717, 1.165) is 13.1 Å². The fourth-order valence-corrected chi connectivity index (χ4v) is 4.81. The zero-order valence-electron chi connectivity index (χ0n) is 11.5. The summed E-state index contributed by atoms with van der Waals surface area (Å²) in [5.41, 5.74) is 1.49. The highest BCUT2D eigenvalue weighted by atomic mass is 79.9. The zero-order valence-corrected chi connectivity index (χ0v) is 15.5. The fraction of sp³-hybridized carbons (Fsp3) is 0.267. The highest BCUT2D eigenvalue weighted by Gasteiger charge is 2.21. The molecule has 1 atom stereocenters. The average molecular weight is 435 g/mol. The van der Waals surface area contributed by atoms with Crippen LogP contribution in [0.5, 0.6) is 0 Å². The predicted octanol–water partition coefficient (Wildman–Crippen LogP) is 5.54. The smallest absolute Gasteiger partial charge is 0.253 e. The van der Waals surface area contributed by atoms with Crippen molar-refractivity contribution < 1.29 is 9.18 Å². The van der Waals surface area contributed by atoms with E-state index in [4.69, 9.17) is 0 Å². The van der Waals surface area contributed by atoms with Crippen LogP contribution in [-0.4, -0.2) is 5.91 Å². The second-order valence-corrected chi connectivity index (χ2v) is 8.73. The Bertz CT molecular complexity index is 640. The normalized spacial score (nSPS) is 12.5. The average Bonchev–Trinajstić information content (AvgIpc) is 2.76. The number of carbonyl (C=O) groups excluding carboxylic acids is 1.